The van der Waals surface area contributed by atoms with E-state index in [1.807, 2.05) is 27.7 Å². The molecule has 0 bridgehead atoms. The van der Waals surface area contributed by atoms with Crippen LogP contribution in [0.5, 0.6) is 17.4 Å². The number of carboxylic acid groups (broad SMARTS) is 1. The number of methoxy groups -OCH3 is 1. The number of benzene rings is 1. The summed E-state index contributed by atoms with van der Waals surface area (Å²) in [5.41, 5.74) is -0.00908. The predicted octanol–water partition coefficient (Wildman–Crippen LogP) is 5.40. The first-order valence-electron chi connectivity index (χ1n) is 7.31. The van der Waals surface area contributed by atoms with Gasteiger partial charge in [-0.15, -0.1) is 0 Å². The average Bonchev–Trinajstić information content (AvgIpc) is 2.60. The van der Waals surface area contributed by atoms with E-state index < -0.39 is 5.97 Å². The molecule has 0 amide bonds. The lowest BCUT2D eigenvalue weighted by molar-refractivity contribution is 0.0693. The molecular weight excluding hydrogens is 362 g/mol. The Bertz CT molecular complexity index is 600. The van der Waals surface area contributed by atoms with E-state index in [1.165, 1.54) is 12.3 Å². The minimum atomic E-state index is -1.10. The predicted molar refractivity (Wildman–Crippen MR) is 94.7 cm³/mol. The average molecular weight is 384 g/mol. The monoisotopic (exact) mass is 383 g/mol. The van der Waals surface area contributed by atoms with E-state index in [9.17, 15) is 4.79 Å². The van der Waals surface area contributed by atoms with Crippen LogP contribution < -0.4 is 9.47 Å². The highest BCUT2D eigenvalue weighted by Crippen LogP contribution is 2.26. The van der Waals surface area contributed by atoms with Crippen LogP contribution in [0.15, 0.2) is 41.0 Å². The number of ether oxygens (including phenoxy) is 2. The van der Waals surface area contributed by atoms with Gasteiger partial charge < -0.3 is 14.6 Å². The molecule has 2 aromatic rings. The standard InChI is InChI=1S/C13H10BrNO4.2C2H6/c1-18-9-2-4-10(5-3-9)19-12-11(13(16)17)6-8(14)7-15-12;2*1-2/h2-7H,1H3,(H,16,17);2*1-2H3. The summed E-state index contributed by atoms with van der Waals surface area (Å²) in [6.45, 7) is 8.00. The van der Waals surface area contributed by atoms with Gasteiger partial charge in [0.2, 0.25) is 5.88 Å². The minimum Gasteiger partial charge on any atom is -0.497 e. The number of hydrogen-bond acceptors (Lipinski definition) is 4. The second-order valence-electron chi connectivity index (χ2n) is 3.59. The van der Waals surface area contributed by atoms with Crippen molar-refractivity contribution >= 4 is 21.9 Å². The van der Waals surface area contributed by atoms with E-state index in [0.717, 1.165) is 0 Å². The van der Waals surface area contributed by atoms with Crippen molar-refractivity contribution in [2.45, 2.75) is 27.7 Å². The summed E-state index contributed by atoms with van der Waals surface area (Å²) < 4.78 is 11.1. The Morgan fingerprint density at radius 2 is 1.61 bits per heavy atom. The molecule has 2 rings (SSSR count). The van der Waals surface area contributed by atoms with Gasteiger partial charge >= 0.3 is 5.97 Å². The van der Waals surface area contributed by atoms with Crippen molar-refractivity contribution in [3.63, 3.8) is 0 Å². The molecule has 0 saturated heterocycles. The Balaban J connectivity index is 0.00000112. The zero-order valence-electron chi connectivity index (χ0n) is 14.0. The van der Waals surface area contributed by atoms with Crippen LogP contribution in [0.1, 0.15) is 38.1 Å². The van der Waals surface area contributed by atoms with Gasteiger partial charge in [-0.05, 0) is 46.3 Å². The number of rotatable bonds is 4. The Hall–Kier alpha value is -2.08. The molecule has 126 valence electrons. The lowest BCUT2D eigenvalue weighted by atomic mass is 10.2. The lowest BCUT2D eigenvalue weighted by Gasteiger charge is -2.08. The molecule has 5 nitrogen and oxygen atoms in total. The quantitative estimate of drug-likeness (QED) is 0.765. The zero-order chi connectivity index (χ0) is 17.8. The van der Waals surface area contributed by atoms with Crippen LogP contribution in [0, 0.1) is 0 Å². The number of aromatic carboxylic acids is 1. The van der Waals surface area contributed by atoms with Crippen LogP contribution in [0.2, 0.25) is 0 Å². The molecule has 6 heteroatoms. The largest absolute Gasteiger partial charge is 0.497 e. The molecule has 0 saturated carbocycles. The number of pyridine rings is 1. The number of carboxylic acids is 1. The molecule has 0 fully saturated rings. The molecule has 1 N–H and O–H groups in total. The second kappa shape index (κ2) is 11.5. The zero-order valence-corrected chi connectivity index (χ0v) is 15.5. The third kappa shape index (κ3) is 6.69. The van der Waals surface area contributed by atoms with Gasteiger partial charge in [0.05, 0.1) is 7.11 Å². The van der Waals surface area contributed by atoms with Crippen molar-refractivity contribution < 1.29 is 19.4 Å². The summed E-state index contributed by atoms with van der Waals surface area (Å²) in [6, 6.07) is 8.22. The molecule has 0 spiro atoms. The Kier molecular flexibility index (Phi) is 10.4. The van der Waals surface area contributed by atoms with Gasteiger partial charge in [-0.25, -0.2) is 9.78 Å². The van der Waals surface area contributed by atoms with Crippen molar-refractivity contribution in [3.05, 3.63) is 46.6 Å². The third-order valence-corrected chi connectivity index (χ3v) is 2.76. The van der Waals surface area contributed by atoms with Crippen molar-refractivity contribution in [3.8, 4) is 17.4 Å². The van der Waals surface area contributed by atoms with E-state index in [-0.39, 0.29) is 11.4 Å². The number of halogens is 1. The SMILES string of the molecule is CC.CC.COc1ccc(Oc2ncc(Br)cc2C(=O)O)cc1. The molecular formula is C17H22BrNO4. The highest BCUT2D eigenvalue weighted by molar-refractivity contribution is 9.10. The highest BCUT2D eigenvalue weighted by Gasteiger charge is 2.14. The molecule has 0 atom stereocenters. The fraction of sp³-hybridized carbons (Fsp3) is 0.294. The normalized spacial score (nSPS) is 8.78. The molecule has 0 aliphatic carbocycles. The Labute approximate surface area is 145 Å². The molecule has 0 aliphatic heterocycles. The number of nitrogens with zero attached hydrogens (tertiary/aromatic N) is 1. The van der Waals surface area contributed by atoms with Crippen molar-refractivity contribution in [2.24, 2.45) is 0 Å². The van der Waals surface area contributed by atoms with Gasteiger partial charge in [-0.1, -0.05) is 27.7 Å². The van der Waals surface area contributed by atoms with Gasteiger partial charge in [0.15, 0.2) is 0 Å². The number of carbonyl (C=O) groups is 1. The maximum absolute atomic E-state index is 11.1. The first-order chi connectivity index (χ1) is 11.1. The summed E-state index contributed by atoms with van der Waals surface area (Å²) in [5, 5.41) is 9.09. The van der Waals surface area contributed by atoms with Gasteiger partial charge in [0.1, 0.15) is 17.1 Å². The van der Waals surface area contributed by atoms with Gasteiger partial charge in [0.25, 0.3) is 0 Å². The summed E-state index contributed by atoms with van der Waals surface area (Å²) >= 11 is 3.17. The third-order valence-electron chi connectivity index (χ3n) is 2.32. The summed E-state index contributed by atoms with van der Waals surface area (Å²) in [7, 11) is 1.56. The topological polar surface area (TPSA) is 68.7 Å². The van der Waals surface area contributed by atoms with E-state index in [0.29, 0.717) is 16.0 Å². The van der Waals surface area contributed by atoms with Crippen molar-refractivity contribution in [2.75, 3.05) is 7.11 Å². The van der Waals surface area contributed by atoms with E-state index >= 15 is 0 Å². The molecule has 0 aliphatic rings. The molecule has 23 heavy (non-hydrogen) atoms. The summed E-state index contributed by atoms with van der Waals surface area (Å²) in [5.74, 6) is 0.117. The molecule has 1 aromatic heterocycles. The Morgan fingerprint density at radius 1 is 1.09 bits per heavy atom. The maximum atomic E-state index is 11.1. The first kappa shape index (κ1) is 20.9. The molecule has 0 unspecified atom stereocenters. The van der Waals surface area contributed by atoms with Crippen LogP contribution in [-0.4, -0.2) is 23.2 Å². The number of hydrogen-bond donors (Lipinski definition) is 1. The summed E-state index contributed by atoms with van der Waals surface area (Å²) in [4.78, 5) is 15.1. The van der Waals surface area contributed by atoms with Crippen molar-refractivity contribution in [1.29, 1.82) is 0 Å². The lowest BCUT2D eigenvalue weighted by Crippen LogP contribution is -2.02. The molecule has 1 heterocycles. The van der Waals surface area contributed by atoms with E-state index in [2.05, 4.69) is 20.9 Å². The van der Waals surface area contributed by atoms with Crippen LogP contribution in [0.4, 0.5) is 0 Å². The van der Waals surface area contributed by atoms with Crippen LogP contribution in [0.25, 0.3) is 0 Å². The highest BCUT2D eigenvalue weighted by atomic mass is 79.9. The smallest absolute Gasteiger partial charge is 0.341 e. The van der Waals surface area contributed by atoms with Gasteiger partial charge in [0, 0.05) is 10.7 Å². The van der Waals surface area contributed by atoms with Crippen LogP contribution >= 0.6 is 15.9 Å². The Morgan fingerprint density at radius 3 is 2.09 bits per heavy atom. The summed E-state index contributed by atoms with van der Waals surface area (Å²) in [6.07, 6.45) is 1.48. The fourth-order valence-electron chi connectivity index (χ4n) is 1.42. The van der Waals surface area contributed by atoms with Gasteiger partial charge in [-0.3, -0.25) is 0 Å². The van der Waals surface area contributed by atoms with Crippen molar-refractivity contribution in [1.82, 2.24) is 4.98 Å². The number of aromatic nitrogens is 1. The molecule has 1 aromatic carbocycles. The fourth-order valence-corrected chi connectivity index (χ4v) is 1.75. The molecule has 0 radical (unpaired) electrons. The maximum Gasteiger partial charge on any atom is 0.341 e. The van der Waals surface area contributed by atoms with Gasteiger partial charge in [-0.2, -0.15) is 0 Å². The first-order valence-corrected chi connectivity index (χ1v) is 8.10. The second-order valence-corrected chi connectivity index (χ2v) is 4.50. The van der Waals surface area contributed by atoms with Crippen LogP contribution in [0.3, 0.4) is 0 Å². The van der Waals surface area contributed by atoms with E-state index in [4.69, 9.17) is 14.6 Å². The van der Waals surface area contributed by atoms with Crippen LogP contribution in [-0.2, 0) is 0 Å². The minimum absolute atomic E-state index is 0.00908. The van der Waals surface area contributed by atoms with E-state index in [1.54, 1.807) is 31.4 Å².